The predicted octanol–water partition coefficient (Wildman–Crippen LogP) is -0.221. The van der Waals surface area contributed by atoms with Gasteiger partial charge in [-0.3, -0.25) is 4.57 Å². The second-order valence-corrected chi connectivity index (χ2v) is 4.66. The zero-order chi connectivity index (χ0) is 11.2. The molecule has 0 saturated heterocycles. The summed E-state index contributed by atoms with van der Waals surface area (Å²) in [5.74, 6) is -0.545. The SMILES string of the molecule is Cn1c(=O)oc2ccc(S(N)(=O)=O)cc21. The number of hydrogen-bond acceptors (Lipinski definition) is 4. The molecule has 2 N–H and O–H groups in total. The van der Waals surface area contributed by atoms with Crippen molar-refractivity contribution >= 4 is 21.1 Å². The van der Waals surface area contributed by atoms with Crippen molar-refractivity contribution < 1.29 is 12.8 Å². The van der Waals surface area contributed by atoms with Gasteiger partial charge in [-0.1, -0.05) is 0 Å². The molecule has 0 spiro atoms. The number of nitrogens with zero attached hydrogens (tertiary/aromatic N) is 1. The number of nitrogens with two attached hydrogens (primary N) is 1. The number of aromatic nitrogens is 1. The van der Waals surface area contributed by atoms with Gasteiger partial charge in [0.25, 0.3) is 0 Å². The van der Waals surface area contributed by atoms with Gasteiger partial charge < -0.3 is 4.42 Å². The molecule has 0 atom stereocenters. The summed E-state index contributed by atoms with van der Waals surface area (Å²) in [5, 5.41) is 4.96. The first kappa shape index (κ1) is 9.94. The van der Waals surface area contributed by atoms with Crippen molar-refractivity contribution in [1.82, 2.24) is 4.57 Å². The van der Waals surface area contributed by atoms with Crippen molar-refractivity contribution in [2.24, 2.45) is 12.2 Å². The van der Waals surface area contributed by atoms with Crippen LogP contribution in [0.25, 0.3) is 11.1 Å². The maximum atomic E-state index is 11.1. The molecule has 0 aliphatic carbocycles. The highest BCUT2D eigenvalue weighted by molar-refractivity contribution is 7.89. The van der Waals surface area contributed by atoms with E-state index in [1.165, 1.54) is 29.8 Å². The molecular weight excluding hydrogens is 220 g/mol. The summed E-state index contributed by atoms with van der Waals surface area (Å²) in [4.78, 5) is 11.1. The Kier molecular flexibility index (Phi) is 1.95. The Morgan fingerprint density at radius 3 is 2.67 bits per heavy atom. The molecule has 1 aromatic heterocycles. The van der Waals surface area contributed by atoms with Gasteiger partial charge in [-0.25, -0.2) is 18.4 Å². The van der Waals surface area contributed by atoms with E-state index in [1.54, 1.807) is 0 Å². The number of primary sulfonamides is 1. The summed E-state index contributed by atoms with van der Waals surface area (Å²) in [6, 6.07) is 3.99. The highest BCUT2D eigenvalue weighted by Gasteiger charge is 2.12. The normalized spacial score (nSPS) is 12.1. The molecule has 0 amide bonds. The van der Waals surface area contributed by atoms with E-state index in [9.17, 15) is 13.2 Å². The molecule has 6 nitrogen and oxygen atoms in total. The third-order valence-electron chi connectivity index (χ3n) is 2.09. The number of benzene rings is 1. The molecule has 1 heterocycles. The minimum atomic E-state index is -3.76. The molecule has 0 bridgehead atoms. The van der Waals surface area contributed by atoms with Gasteiger partial charge in [-0.2, -0.15) is 0 Å². The molecular formula is C8H8N2O4S. The predicted molar refractivity (Wildman–Crippen MR) is 52.8 cm³/mol. The van der Waals surface area contributed by atoms with Gasteiger partial charge >= 0.3 is 5.76 Å². The maximum Gasteiger partial charge on any atom is 0.419 e. The Balaban J connectivity index is 2.87. The molecule has 2 rings (SSSR count). The van der Waals surface area contributed by atoms with Crippen molar-refractivity contribution in [2.75, 3.05) is 0 Å². The smallest absolute Gasteiger partial charge is 0.408 e. The lowest BCUT2D eigenvalue weighted by molar-refractivity contribution is 0.528. The van der Waals surface area contributed by atoms with Crippen LogP contribution in [0.1, 0.15) is 0 Å². The van der Waals surface area contributed by atoms with Crippen molar-refractivity contribution in [2.45, 2.75) is 4.90 Å². The Labute approximate surface area is 85.0 Å². The number of hydrogen-bond donors (Lipinski definition) is 1. The van der Waals surface area contributed by atoms with E-state index in [1.807, 2.05) is 0 Å². The van der Waals surface area contributed by atoms with E-state index >= 15 is 0 Å². The van der Waals surface area contributed by atoms with Crippen LogP contribution in [0.3, 0.4) is 0 Å². The quantitative estimate of drug-likeness (QED) is 0.729. The van der Waals surface area contributed by atoms with Crippen LogP contribution in [0.2, 0.25) is 0 Å². The van der Waals surface area contributed by atoms with Crippen LogP contribution in [-0.4, -0.2) is 13.0 Å². The molecule has 0 saturated carbocycles. The van der Waals surface area contributed by atoms with E-state index < -0.39 is 15.8 Å². The molecule has 1 aromatic carbocycles. The first-order valence-electron chi connectivity index (χ1n) is 4.02. The van der Waals surface area contributed by atoms with Crippen molar-refractivity contribution in [1.29, 1.82) is 0 Å². The first-order valence-corrected chi connectivity index (χ1v) is 5.56. The second kappa shape index (κ2) is 2.94. The van der Waals surface area contributed by atoms with E-state index in [0.717, 1.165) is 0 Å². The van der Waals surface area contributed by atoms with Crippen molar-refractivity contribution in [3.63, 3.8) is 0 Å². The van der Waals surface area contributed by atoms with Gasteiger partial charge in [0.05, 0.1) is 10.4 Å². The zero-order valence-corrected chi connectivity index (χ0v) is 8.61. The first-order chi connectivity index (χ1) is 6.89. The van der Waals surface area contributed by atoms with Crippen LogP contribution in [0.15, 0.2) is 32.3 Å². The molecule has 0 unspecified atom stereocenters. The summed E-state index contributed by atoms with van der Waals surface area (Å²) < 4.78 is 28.2. The van der Waals surface area contributed by atoms with Crippen molar-refractivity contribution in [3.8, 4) is 0 Å². The molecule has 80 valence electrons. The van der Waals surface area contributed by atoms with Crippen LogP contribution in [-0.2, 0) is 17.1 Å². The highest BCUT2D eigenvalue weighted by atomic mass is 32.2. The van der Waals surface area contributed by atoms with Gasteiger partial charge in [0.2, 0.25) is 10.0 Å². The molecule has 7 heteroatoms. The maximum absolute atomic E-state index is 11.1. The fourth-order valence-electron chi connectivity index (χ4n) is 1.28. The lowest BCUT2D eigenvalue weighted by Crippen LogP contribution is -2.12. The van der Waals surface area contributed by atoms with Gasteiger partial charge in [-0.05, 0) is 18.2 Å². The highest BCUT2D eigenvalue weighted by Crippen LogP contribution is 2.16. The molecule has 0 aliphatic rings. The Hall–Kier alpha value is -1.60. The standard InChI is InChI=1S/C8H8N2O4S/c1-10-6-4-5(15(9,12)13)2-3-7(6)14-8(10)11/h2-4H,1H3,(H2,9,12,13). The minimum Gasteiger partial charge on any atom is -0.408 e. The average Bonchev–Trinajstić information content (AvgIpc) is 2.41. The van der Waals surface area contributed by atoms with Crippen molar-refractivity contribution in [3.05, 3.63) is 28.7 Å². The molecule has 2 aromatic rings. The van der Waals surface area contributed by atoms with Crippen LogP contribution in [0.4, 0.5) is 0 Å². The lowest BCUT2D eigenvalue weighted by atomic mass is 10.3. The minimum absolute atomic E-state index is 0.0496. The van der Waals surface area contributed by atoms with E-state index in [-0.39, 0.29) is 4.90 Å². The Morgan fingerprint density at radius 2 is 2.07 bits per heavy atom. The fraction of sp³-hybridized carbons (Fsp3) is 0.125. The third-order valence-corrected chi connectivity index (χ3v) is 3.00. The van der Waals surface area contributed by atoms with Crippen LogP contribution in [0.5, 0.6) is 0 Å². The summed E-state index contributed by atoms with van der Waals surface area (Å²) in [6.45, 7) is 0. The number of aryl methyl sites for hydroxylation is 1. The topological polar surface area (TPSA) is 95.3 Å². The summed E-state index contributed by atoms with van der Waals surface area (Å²) in [6.07, 6.45) is 0. The Bertz CT molecular complexity index is 680. The van der Waals surface area contributed by atoms with Crippen LogP contribution in [0, 0.1) is 0 Å². The molecule has 0 fully saturated rings. The number of sulfonamides is 1. The van der Waals surface area contributed by atoms with Gasteiger partial charge in [0.1, 0.15) is 0 Å². The van der Waals surface area contributed by atoms with Crippen LogP contribution >= 0.6 is 0 Å². The number of oxazole rings is 1. The molecule has 0 radical (unpaired) electrons. The third kappa shape index (κ3) is 1.55. The number of rotatable bonds is 1. The van der Waals surface area contributed by atoms with Crippen LogP contribution < -0.4 is 10.9 Å². The largest absolute Gasteiger partial charge is 0.419 e. The van der Waals surface area contributed by atoms with E-state index in [2.05, 4.69) is 0 Å². The summed E-state index contributed by atoms with van der Waals surface area (Å²) in [5.41, 5.74) is 0.724. The second-order valence-electron chi connectivity index (χ2n) is 3.10. The van der Waals surface area contributed by atoms with E-state index in [0.29, 0.717) is 11.1 Å². The lowest BCUT2D eigenvalue weighted by Gasteiger charge is -1.97. The molecule has 15 heavy (non-hydrogen) atoms. The van der Waals surface area contributed by atoms with Gasteiger partial charge in [0, 0.05) is 7.05 Å². The monoisotopic (exact) mass is 228 g/mol. The van der Waals surface area contributed by atoms with E-state index in [4.69, 9.17) is 9.56 Å². The summed E-state index contributed by atoms with van der Waals surface area (Å²) in [7, 11) is -2.27. The Morgan fingerprint density at radius 1 is 1.40 bits per heavy atom. The van der Waals surface area contributed by atoms with Gasteiger partial charge in [0.15, 0.2) is 5.58 Å². The fourth-order valence-corrected chi connectivity index (χ4v) is 1.82. The summed E-state index contributed by atoms with van der Waals surface area (Å²) >= 11 is 0. The molecule has 0 aliphatic heterocycles. The zero-order valence-electron chi connectivity index (χ0n) is 7.80. The number of fused-ring (bicyclic) bond motifs is 1. The average molecular weight is 228 g/mol. The van der Waals surface area contributed by atoms with Gasteiger partial charge in [-0.15, -0.1) is 0 Å².